The van der Waals surface area contributed by atoms with E-state index in [1.54, 1.807) is 0 Å². The first-order valence-corrected chi connectivity index (χ1v) is 5.79. The molecule has 5 nitrogen and oxygen atoms in total. The van der Waals surface area contributed by atoms with Crippen molar-refractivity contribution in [3.63, 3.8) is 0 Å². The van der Waals surface area contributed by atoms with Gasteiger partial charge >= 0.3 is 12.0 Å². The molecule has 0 aromatic carbocycles. The Kier molecular flexibility index (Phi) is 4.15. The van der Waals surface area contributed by atoms with E-state index in [9.17, 15) is 9.59 Å². The number of hydrogen-bond donors (Lipinski definition) is 3. The molecule has 1 aliphatic rings. The van der Waals surface area contributed by atoms with E-state index in [1.165, 1.54) is 0 Å². The molecule has 2 amide bonds. The summed E-state index contributed by atoms with van der Waals surface area (Å²) in [5.74, 6) is -0.523. The van der Waals surface area contributed by atoms with E-state index in [0.717, 1.165) is 12.8 Å². The summed E-state index contributed by atoms with van der Waals surface area (Å²) < 4.78 is 0. The van der Waals surface area contributed by atoms with E-state index in [4.69, 9.17) is 5.11 Å². The van der Waals surface area contributed by atoms with Gasteiger partial charge in [-0.3, -0.25) is 0 Å². The highest BCUT2D eigenvalue weighted by molar-refractivity contribution is 5.87. The van der Waals surface area contributed by atoms with Crippen LogP contribution in [0.15, 0.2) is 0 Å². The summed E-state index contributed by atoms with van der Waals surface area (Å²) in [6.45, 7) is 4.67. The summed E-state index contributed by atoms with van der Waals surface area (Å²) in [6.07, 6.45) is 2.90. The number of rotatable bonds is 5. The summed E-state index contributed by atoms with van der Waals surface area (Å²) in [5, 5.41) is 14.3. The molecule has 5 heteroatoms. The minimum atomic E-state index is -1.01. The lowest BCUT2D eigenvalue weighted by Crippen LogP contribution is -2.61. The van der Waals surface area contributed by atoms with Crippen molar-refractivity contribution in [2.75, 3.05) is 6.54 Å². The number of carboxylic acids is 1. The third-order valence-corrected chi connectivity index (χ3v) is 3.28. The normalized spacial score (nSPS) is 19.4. The van der Waals surface area contributed by atoms with Crippen LogP contribution >= 0.6 is 0 Å². The van der Waals surface area contributed by atoms with Gasteiger partial charge in [-0.1, -0.05) is 20.3 Å². The third-order valence-electron chi connectivity index (χ3n) is 3.28. The van der Waals surface area contributed by atoms with Crippen molar-refractivity contribution in [2.24, 2.45) is 5.92 Å². The number of aliphatic carboxylic acids is 1. The van der Waals surface area contributed by atoms with Crippen molar-refractivity contribution < 1.29 is 14.7 Å². The number of amides is 2. The Morgan fingerprint density at radius 3 is 2.44 bits per heavy atom. The van der Waals surface area contributed by atoms with Crippen LogP contribution in [0.4, 0.5) is 4.79 Å². The molecule has 1 rings (SSSR count). The Bertz CT molecular complexity index is 274. The topological polar surface area (TPSA) is 78.4 Å². The molecule has 0 aliphatic heterocycles. The van der Waals surface area contributed by atoms with Gasteiger partial charge in [0.25, 0.3) is 0 Å². The molecule has 1 fully saturated rings. The molecule has 16 heavy (non-hydrogen) atoms. The van der Waals surface area contributed by atoms with Crippen LogP contribution in [0.1, 0.15) is 39.5 Å². The van der Waals surface area contributed by atoms with E-state index in [1.807, 2.05) is 6.92 Å². The number of urea groups is 1. The van der Waals surface area contributed by atoms with Gasteiger partial charge in [0.2, 0.25) is 0 Å². The number of carbonyl (C=O) groups is 2. The van der Waals surface area contributed by atoms with Crippen molar-refractivity contribution in [3.8, 4) is 0 Å². The van der Waals surface area contributed by atoms with Crippen LogP contribution in [0.25, 0.3) is 0 Å². The first-order chi connectivity index (χ1) is 7.50. The fourth-order valence-electron chi connectivity index (χ4n) is 1.60. The molecule has 1 saturated carbocycles. The van der Waals surface area contributed by atoms with E-state index in [2.05, 4.69) is 17.6 Å². The molecule has 0 bridgehead atoms. The Morgan fingerprint density at radius 1 is 1.44 bits per heavy atom. The van der Waals surface area contributed by atoms with Gasteiger partial charge in [-0.25, -0.2) is 9.59 Å². The highest BCUT2D eigenvalue weighted by atomic mass is 16.4. The Labute approximate surface area is 95.6 Å². The predicted molar refractivity (Wildman–Crippen MR) is 60.2 cm³/mol. The van der Waals surface area contributed by atoms with E-state index >= 15 is 0 Å². The average Bonchev–Trinajstić information content (AvgIpc) is 2.19. The second kappa shape index (κ2) is 5.18. The maximum atomic E-state index is 11.5. The molecular weight excluding hydrogens is 208 g/mol. The van der Waals surface area contributed by atoms with Crippen LogP contribution in [-0.4, -0.2) is 29.2 Å². The highest BCUT2D eigenvalue weighted by Crippen LogP contribution is 2.31. The molecule has 1 aliphatic carbocycles. The van der Waals surface area contributed by atoms with Gasteiger partial charge in [0, 0.05) is 6.54 Å². The maximum Gasteiger partial charge on any atom is 0.329 e. The first-order valence-electron chi connectivity index (χ1n) is 5.79. The van der Waals surface area contributed by atoms with E-state index in [0.29, 0.717) is 25.3 Å². The van der Waals surface area contributed by atoms with Crippen LogP contribution in [0, 0.1) is 5.92 Å². The Morgan fingerprint density at radius 2 is 2.06 bits per heavy atom. The van der Waals surface area contributed by atoms with Crippen molar-refractivity contribution in [2.45, 2.75) is 45.1 Å². The van der Waals surface area contributed by atoms with E-state index in [-0.39, 0.29) is 6.03 Å². The Hall–Kier alpha value is -1.26. The lowest BCUT2D eigenvalue weighted by molar-refractivity contribution is -0.148. The second-order valence-corrected chi connectivity index (χ2v) is 4.59. The minimum absolute atomic E-state index is 0.373. The molecule has 0 aromatic rings. The fourth-order valence-corrected chi connectivity index (χ4v) is 1.60. The molecule has 0 heterocycles. The lowest BCUT2D eigenvalue weighted by atomic mass is 9.77. The van der Waals surface area contributed by atoms with E-state index < -0.39 is 11.5 Å². The largest absolute Gasteiger partial charge is 0.480 e. The van der Waals surface area contributed by atoms with Crippen molar-refractivity contribution in [1.82, 2.24) is 10.6 Å². The summed E-state index contributed by atoms with van der Waals surface area (Å²) in [7, 11) is 0. The molecule has 0 spiro atoms. The molecule has 0 saturated heterocycles. The average molecular weight is 228 g/mol. The smallest absolute Gasteiger partial charge is 0.329 e. The monoisotopic (exact) mass is 228 g/mol. The van der Waals surface area contributed by atoms with Crippen LogP contribution in [0.3, 0.4) is 0 Å². The van der Waals surface area contributed by atoms with Gasteiger partial charge in [-0.05, 0) is 25.2 Å². The number of hydrogen-bond acceptors (Lipinski definition) is 2. The number of nitrogens with one attached hydrogen (secondary N) is 2. The Balaban J connectivity index is 2.36. The van der Waals surface area contributed by atoms with Gasteiger partial charge in [-0.2, -0.15) is 0 Å². The fraction of sp³-hybridized carbons (Fsp3) is 0.818. The van der Waals surface area contributed by atoms with Crippen molar-refractivity contribution in [3.05, 3.63) is 0 Å². The summed E-state index contributed by atoms with van der Waals surface area (Å²) in [6, 6.07) is -0.373. The lowest BCUT2D eigenvalue weighted by Gasteiger charge is -2.38. The number of carboxylic acid groups (broad SMARTS) is 1. The molecule has 92 valence electrons. The first kappa shape index (κ1) is 12.8. The van der Waals surface area contributed by atoms with Gasteiger partial charge in [0.05, 0.1) is 0 Å². The van der Waals surface area contributed by atoms with Crippen LogP contribution in [-0.2, 0) is 4.79 Å². The van der Waals surface area contributed by atoms with Gasteiger partial charge in [0.15, 0.2) is 0 Å². The SMILES string of the molecule is CCC(C)CNC(=O)NC1(C(=O)O)CCC1. The van der Waals surface area contributed by atoms with Crippen molar-refractivity contribution in [1.29, 1.82) is 0 Å². The standard InChI is InChI=1S/C11H20N2O3/c1-3-8(2)7-12-10(16)13-11(9(14)15)5-4-6-11/h8H,3-7H2,1-2H3,(H,14,15)(H2,12,13,16). The van der Waals surface area contributed by atoms with Crippen LogP contribution < -0.4 is 10.6 Å². The molecule has 0 radical (unpaired) electrons. The third kappa shape index (κ3) is 2.87. The zero-order valence-electron chi connectivity index (χ0n) is 9.88. The zero-order valence-corrected chi connectivity index (χ0v) is 9.88. The molecular formula is C11H20N2O3. The zero-order chi connectivity index (χ0) is 12.2. The molecule has 1 atom stereocenters. The van der Waals surface area contributed by atoms with Crippen LogP contribution in [0.5, 0.6) is 0 Å². The number of carbonyl (C=O) groups excluding carboxylic acids is 1. The summed E-state index contributed by atoms with van der Waals surface area (Å²) >= 11 is 0. The maximum absolute atomic E-state index is 11.5. The predicted octanol–water partition coefficient (Wildman–Crippen LogP) is 1.34. The summed E-state index contributed by atoms with van der Waals surface area (Å²) in [4.78, 5) is 22.5. The quantitative estimate of drug-likeness (QED) is 0.664. The van der Waals surface area contributed by atoms with Gasteiger partial charge < -0.3 is 15.7 Å². The molecule has 3 N–H and O–H groups in total. The molecule has 0 aromatic heterocycles. The minimum Gasteiger partial charge on any atom is -0.480 e. The molecule has 1 unspecified atom stereocenters. The van der Waals surface area contributed by atoms with Crippen molar-refractivity contribution >= 4 is 12.0 Å². The van der Waals surface area contributed by atoms with Crippen LogP contribution in [0.2, 0.25) is 0 Å². The second-order valence-electron chi connectivity index (χ2n) is 4.59. The van der Waals surface area contributed by atoms with Gasteiger partial charge in [-0.15, -0.1) is 0 Å². The highest BCUT2D eigenvalue weighted by Gasteiger charge is 2.45. The van der Waals surface area contributed by atoms with Gasteiger partial charge in [0.1, 0.15) is 5.54 Å². The summed E-state index contributed by atoms with van der Waals surface area (Å²) in [5.41, 5.74) is -1.01.